The summed E-state index contributed by atoms with van der Waals surface area (Å²) in [5, 5.41) is 0. The molecule has 33 heavy (non-hydrogen) atoms. The van der Waals surface area contributed by atoms with E-state index < -0.39 is 0 Å². The van der Waals surface area contributed by atoms with Crippen LogP contribution in [0.1, 0.15) is 77.7 Å². The number of carbonyl (C=O) groups excluding carboxylic acids is 2. The zero-order valence-corrected chi connectivity index (χ0v) is 20.0. The second-order valence-corrected chi connectivity index (χ2v) is 10.5. The Labute approximate surface area is 196 Å². The van der Waals surface area contributed by atoms with E-state index in [4.69, 9.17) is 18.9 Å². The number of ether oxygens (including phenoxy) is 4. The highest BCUT2D eigenvalue weighted by molar-refractivity contribution is 5.96. The van der Waals surface area contributed by atoms with Gasteiger partial charge < -0.3 is 18.9 Å². The molecule has 0 amide bonds. The van der Waals surface area contributed by atoms with Crippen LogP contribution in [0, 0.1) is 5.92 Å². The van der Waals surface area contributed by atoms with Crippen molar-refractivity contribution in [3.05, 3.63) is 41.9 Å². The minimum atomic E-state index is -0.294. The van der Waals surface area contributed by atoms with E-state index in [1.54, 1.807) is 0 Å². The van der Waals surface area contributed by atoms with Gasteiger partial charge in [-0.15, -0.1) is 0 Å². The van der Waals surface area contributed by atoms with Gasteiger partial charge in [-0.05, 0) is 61.6 Å². The number of fused-ring (bicyclic) bond motifs is 1. The van der Waals surface area contributed by atoms with Crippen LogP contribution in [0.3, 0.4) is 0 Å². The average Bonchev–Trinajstić information content (AvgIpc) is 2.80. The van der Waals surface area contributed by atoms with Crippen molar-refractivity contribution < 1.29 is 28.5 Å². The second kappa shape index (κ2) is 10.3. The summed E-state index contributed by atoms with van der Waals surface area (Å²) in [6.45, 7) is 6.43. The highest BCUT2D eigenvalue weighted by atomic mass is 16.6. The number of hydrogen-bond donors (Lipinski definition) is 0. The Kier molecular flexibility index (Phi) is 7.42. The lowest BCUT2D eigenvalue weighted by molar-refractivity contribution is -0.161. The molecule has 1 aromatic rings. The van der Waals surface area contributed by atoms with E-state index in [-0.39, 0.29) is 53.8 Å². The van der Waals surface area contributed by atoms with E-state index >= 15 is 0 Å². The fraction of sp³-hybridized carbons (Fsp3) is 0.630. The third-order valence-electron chi connectivity index (χ3n) is 6.91. The molecule has 0 N–H and O–H groups in total. The third kappa shape index (κ3) is 6.17. The molecule has 3 aliphatic rings. The van der Waals surface area contributed by atoms with E-state index in [1.807, 2.05) is 24.3 Å². The highest BCUT2D eigenvalue weighted by Gasteiger charge is 2.41. The van der Waals surface area contributed by atoms with Crippen LogP contribution in [0.2, 0.25) is 0 Å². The van der Waals surface area contributed by atoms with Crippen LogP contribution in [-0.2, 0) is 29.2 Å². The van der Waals surface area contributed by atoms with Gasteiger partial charge in [-0.2, -0.15) is 0 Å². The number of esters is 1. The van der Waals surface area contributed by atoms with E-state index in [1.165, 1.54) is 18.2 Å². The van der Waals surface area contributed by atoms with Gasteiger partial charge in [0.25, 0.3) is 0 Å². The van der Waals surface area contributed by atoms with Crippen molar-refractivity contribution in [3.63, 3.8) is 0 Å². The number of hydrogen-bond acceptors (Lipinski definition) is 6. The summed E-state index contributed by atoms with van der Waals surface area (Å²) < 4.78 is 23.1. The van der Waals surface area contributed by atoms with Crippen molar-refractivity contribution in [2.75, 3.05) is 6.61 Å². The van der Waals surface area contributed by atoms with Crippen LogP contribution in [0.4, 0.5) is 0 Å². The molecular formula is C27H36O6. The van der Waals surface area contributed by atoms with E-state index in [2.05, 4.69) is 20.8 Å². The van der Waals surface area contributed by atoms with Crippen LogP contribution in [0.25, 0.3) is 0 Å². The van der Waals surface area contributed by atoms with E-state index in [9.17, 15) is 9.59 Å². The molecule has 3 atom stereocenters. The number of Topliss-reactive ketones (excluding diaryl/α,β-unsaturated/α-hetero) is 1. The summed E-state index contributed by atoms with van der Waals surface area (Å²) in [5.41, 5.74) is 1.26. The molecule has 0 bridgehead atoms. The minimum Gasteiger partial charge on any atom is -0.493 e. The van der Waals surface area contributed by atoms with Crippen LogP contribution in [0.15, 0.2) is 36.3 Å². The normalized spacial score (nSPS) is 26.1. The van der Waals surface area contributed by atoms with Crippen LogP contribution in [0.5, 0.6) is 5.75 Å². The quantitative estimate of drug-likeness (QED) is 0.546. The Morgan fingerprint density at radius 1 is 1.00 bits per heavy atom. The summed E-state index contributed by atoms with van der Waals surface area (Å²) in [5.74, 6) is 0.306. The van der Waals surface area contributed by atoms with Gasteiger partial charge in [0.2, 0.25) is 11.5 Å². The van der Waals surface area contributed by atoms with Crippen LogP contribution >= 0.6 is 0 Å². The van der Waals surface area contributed by atoms with Gasteiger partial charge in [0, 0.05) is 6.42 Å². The Morgan fingerprint density at radius 2 is 1.73 bits per heavy atom. The molecule has 0 spiro atoms. The molecule has 0 saturated heterocycles. The monoisotopic (exact) mass is 456 g/mol. The topological polar surface area (TPSA) is 71.1 Å². The predicted molar refractivity (Wildman–Crippen MR) is 124 cm³/mol. The fourth-order valence-corrected chi connectivity index (χ4v) is 4.90. The number of ketones is 1. The molecule has 4 rings (SSSR count). The van der Waals surface area contributed by atoms with Gasteiger partial charge in [0.15, 0.2) is 0 Å². The molecule has 2 saturated carbocycles. The molecule has 6 heteroatoms. The van der Waals surface area contributed by atoms with Crippen LogP contribution < -0.4 is 4.74 Å². The molecule has 3 unspecified atom stereocenters. The minimum absolute atomic E-state index is 0.0266. The SMILES string of the molecule is CC(C)(C)c1ccc(OC2=COC3CC(OCC(=O)OC4CCCCC4)CCC3C2=O)cc1. The molecule has 2 fully saturated rings. The predicted octanol–water partition coefficient (Wildman–Crippen LogP) is 5.23. The maximum Gasteiger partial charge on any atom is 0.332 e. The zero-order chi connectivity index (χ0) is 23.4. The summed E-state index contributed by atoms with van der Waals surface area (Å²) in [6, 6.07) is 7.82. The van der Waals surface area contributed by atoms with Gasteiger partial charge >= 0.3 is 5.97 Å². The van der Waals surface area contributed by atoms with Crippen molar-refractivity contribution in [2.45, 2.75) is 95.9 Å². The Balaban J connectivity index is 1.26. The number of benzene rings is 1. The van der Waals surface area contributed by atoms with Crippen molar-refractivity contribution >= 4 is 11.8 Å². The van der Waals surface area contributed by atoms with Gasteiger partial charge in [0.05, 0.1) is 12.0 Å². The molecular weight excluding hydrogens is 420 g/mol. The van der Waals surface area contributed by atoms with Crippen molar-refractivity contribution in [1.82, 2.24) is 0 Å². The molecule has 0 aromatic heterocycles. The summed E-state index contributed by atoms with van der Waals surface area (Å²) in [7, 11) is 0. The number of carbonyl (C=O) groups is 2. The largest absolute Gasteiger partial charge is 0.493 e. The second-order valence-electron chi connectivity index (χ2n) is 10.5. The molecule has 0 radical (unpaired) electrons. The van der Waals surface area contributed by atoms with E-state index in [0.29, 0.717) is 25.0 Å². The first-order valence-corrected chi connectivity index (χ1v) is 12.3. The third-order valence-corrected chi connectivity index (χ3v) is 6.91. The van der Waals surface area contributed by atoms with Gasteiger partial charge in [0.1, 0.15) is 30.8 Å². The van der Waals surface area contributed by atoms with Crippen LogP contribution in [-0.4, -0.2) is 36.7 Å². The van der Waals surface area contributed by atoms with E-state index in [0.717, 1.165) is 25.7 Å². The smallest absolute Gasteiger partial charge is 0.332 e. The van der Waals surface area contributed by atoms with Crippen molar-refractivity contribution in [2.24, 2.45) is 5.92 Å². The average molecular weight is 457 g/mol. The summed E-state index contributed by atoms with van der Waals surface area (Å²) in [6.07, 6.45) is 8.41. The Hall–Kier alpha value is -2.34. The first kappa shape index (κ1) is 23.8. The number of allylic oxidation sites excluding steroid dienone is 1. The lowest BCUT2D eigenvalue weighted by Gasteiger charge is -2.37. The summed E-state index contributed by atoms with van der Waals surface area (Å²) >= 11 is 0. The zero-order valence-electron chi connectivity index (χ0n) is 20.0. The van der Waals surface area contributed by atoms with Crippen molar-refractivity contribution in [3.8, 4) is 5.75 Å². The standard InChI is InChI=1S/C27H36O6/c1-27(2,3)18-9-11-20(12-10-18)32-24-16-31-23-15-21(13-14-22(23)26(24)29)30-17-25(28)33-19-7-5-4-6-8-19/h9-12,16,19,21-23H,4-8,13-15,17H2,1-3H3. The first-order valence-electron chi connectivity index (χ1n) is 12.3. The van der Waals surface area contributed by atoms with Crippen molar-refractivity contribution in [1.29, 1.82) is 0 Å². The maximum absolute atomic E-state index is 13.0. The highest BCUT2D eigenvalue weighted by Crippen LogP contribution is 2.35. The summed E-state index contributed by atoms with van der Waals surface area (Å²) in [4.78, 5) is 25.1. The Bertz CT molecular complexity index is 860. The first-order chi connectivity index (χ1) is 15.8. The molecule has 2 aliphatic carbocycles. The van der Waals surface area contributed by atoms with Gasteiger partial charge in [-0.25, -0.2) is 4.79 Å². The molecule has 1 aliphatic heterocycles. The van der Waals surface area contributed by atoms with Gasteiger partial charge in [-0.1, -0.05) is 39.3 Å². The maximum atomic E-state index is 13.0. The molecule has 1 aromatic carbocycles. The molecule has 1 heterocycles. The number of rotatable bonds is 6. The van der Waals surface area contributed by atoms with Gasteiger partial charge in [-0.3, -0.25) is 4.79 Å². The fourth-order valence-electron chi connectivity index (χ4n) is 4.90. The Morgan fingerprint density at radius 3 is 2.42 bits per heavy atom. The lowest BCUT2D eigenvalue weighted by Crippen LogP contribution is -2.43. The molecule has 180 valence electrons. The lowest BCUT2D eigenvalue weighted by atomic mass is 9.80. The molecule has 6 nitrogen and oxygen atoms in total.